The maximum atomic E-state index is 12.3. The third-order valence-corrected chi connectivity index (χ3v) is 3.87. The van der Waals surface area contributed by atoms with Crippen LogP contribution in [-0.2, 0) is 4.79 Å². The lowest BCUT2D eigenvalue weighted by molar-refractivity contribution is -0.111. The van der Waals surface area contributed by atoms with Crippen molar-refractivity contribution in [1.29, 1.82) is 0 Å². The largest absolute Gasteiger partial charge is 0.493 e. The van der Waals surface area contributed by atoms with Crippen LogP contribution in [0.25, 0.3) is 6.08 Å². The molecule has 0 spiro atoms. The maximum absolute atomic E-state index is 12.3. The topological polar surface area (TPSA) is 76.7 Å². The Morgan fingerprint density at radius 1 is 1.21 bits per heavy atom. The van der Waals surface area contributed by atoms with Crippen LogP contribution in [0.15, 0.2) is 42.5 Å². The van der Waals surface area contributed by atoms with Gasteiger partial charge in [-0.25, -0.2) is 0 Å². The SMILES string of the molecule is C#CCOc1cc(/C=C/C(=O)Nc2cc(Cl)ccc2C(=O)NC)ccc1OC. The second-order valence-corrected chi connectivity index (χ2v) is 5.93. The summed E-state index contributed by atoms with van der Waals surface area (Å²) >= 11 is 5.97. The van der Waals surface area contributed by atoms with Gasteiger partial charge in [0.2, 0.25) is 5.91 Å². The highest BCUT2D eigenvalue weighted by atomic mass is 35.5. The number of benzene rings is 2. The van der Waals surface area contributed by atoms with Gasteiger partial charge in [-0.2, -0.15) is 0 Å². The standard InChI is InChI=1S/C21H19ClN2O4/c1-4-11-28-19-12-14(5-9-18(19)27-3)6-10-20(25)24-17-13-15(22)7-8-16(17)21(26)23-2/h1,5-10,12-13H,11H2,2-3H3,(H,23,26)(H,24,25)/b10-6+. The number of anilines is 1. The summed E-state index contributed by atoms with van der Waals surface area (Å²) in [6.07, 6.45) is 8.14. The van der Waals surface area contributed by atoms with Gasteiger partial charge in [0, 0.05) is 18.1 Å². The summed E-state index contributed by atoms with van der Waals surface area (Å²) in [6.45, 7) is 0.0983. The summed E-state index contributed by atoms with van der Waals surface area (Å²) in [7, 11) is 3.03. The van der Waals surface area contributed by atoms with Gasteiger partial charge in [0.15, 0.2) is 11.5 Å². The van der Waals surface area contributed by atoms with Crippen LogP contribution in [0, 0.1) is 12.3 Å². The number of methoxy groups -OCH3 is 1. The molecule has 2 aromatic rings. The van der Waals surface area contributed by atoms with E-state index < -0.39 is 5.91 Å². The zero-order chi connectivity index (χ0) is 20.5. The van der Waals surface area contributed by atoms with Gasteiger partial charge in [-0.15, -0.1) is 6.42 Å². The van der Waals surface area contributed by atoms with Gasteiger partial charge >= 0.3 is 0 Å². The van der Waals surface area contributed by atoms with Crippen LogP contribution in [0.4, 0.5) is 5.69 Å². The average molecular weight is 399 g/mol. The van der Waals surface area contributed by atoms with Gasteiger partial charge in [-0.05, 0) is 42.0 Å². The number of ether oxygens (including phenoxy) is 2. The van der Waals surface area contributed by atoms with Crippen molar-refractivity contribution in [1.82, 2.24) is 5.32 Å². The van der Waals surface area contributed by atoms with Gasteiger partial charge < -0.3 is 20.1 Å². The van der Waals surface area contributed by atoms with Crippen molar-refractivity contribution in [2.24, 2.45) is 0 Å². The van der Waals surface area contributed by atoms with E-state index in [4.69, 9.17) is 27.5 Å². The fraction of sp³-hybridized carbons (Fsp3) is 0.143. The van der Waals surface area contributed by atoms with E-state index in [0.717, 1.165) is 0 Å². The Bertz CT molecular complexity index is 948. The van der Waals surface area contributed by atoms with E-state index in [1.165, 1.54) is 26.3 Å². The third-order valence-electron chi connectivity index (χ3n) is 3.64. The van der Waals surface area contributed by atoms with E-state index in [0.29, 0.717) is 33.3 Å². The highest BCUT2D eigenvalue weighted by Gasteiger charge is 2.12. The lowest BCUT2D eigenvalue weighted by Gasteiger charge is -2.10. The third kappa shape index (κ3) is 5.53. The summed E-state index contributed by atoms with van der Waals surface area (Å²) in [5, 5.41) is 5.57. The quantitative estimate of drug-likeness (QED) is 0.553. The highest BCUT2D eigenvalue weighted by Crippen LogP contribution is 2.28. The predicted molar refractivity (Wildman–Crippen MR) is 110 cm³/mol. The minimum Gasteiger partial charge on any atom is -0.493 e. The summed E-state index contributed by atoms with van der Waals surface area (Å²) in [4.78, 5) is 24.2. The molecule has 0 radical (unpaired) electrons. The molecule has 0 fully saturated rings. The van der Waals surface area contributed by atoms with E-state index in [-0.39, 0.29) is 12.5 Å². The molecule has 0 aliphatic rings. The Kier molecular flexibility index (Phi) is 7.49. The van der Waals surface area contributed by atoms with Gasteiger partial charge in [0.1, 0.15) is 6.61 Å². The molecule has 2 rings (SSSR count). The molecular formula is C21H19ClN2O4. The molecule has 0 aliphatic carbocycles. The van der Waals surface area contributed by atoms with E-state index in [9.17, 15) is 9.59 Å². The average Bonchev–Trinajstić information content (AvgIpc) is 2.70. The van der Waals surface area contributed by atoms with Crippen molar-refractivity contribution < 1.29 is 19.1 Å². The number of hydrogen-bond acceptors (Lipinski definition) is 4. The molecule has 0 saturated heterocycles. The van der Waals surface area contributed by atoms with Gasteiger partial charge in [0.25, 0.3) is 5.91 Å². The molecule has 144 valence electrons. The van der Waals surface area contributed by atoms with E-state index in [2.05, 4.69) is 16.6 Å². The molecule has 7 heteroatoms. The molecule has 28 heavy (non-hydrogen) atoms. The highest BCUT2D eigenvalue weighted by molar-refractivity contribution is 6.31. The monoisotopic (exact) mass is 398 g/mol. The Morgan fingerprint density at radius 2 is 2.00 bits per heavy atom. The predicted octanol–water partition coefficient (Wildman–Crippen LogP) is 3.37. The van der Waals surface area contributed by atoms with Crippen molar-refractivity contribution in [2.45, 2.75) is 0 Å². The van der Waals surface area contributed by atoms with Gasteiger partial charge in [-0.1, -0.05) is 23.6 Å². The zero-order valence-electron chi connectivity index (χ0n) is 15.4. The molecule has 0 unspecified atom stereocenters. The van der Waals surface area contributed by atoms with Crippen LogP contribution in [0.1, 0.15) is 15.9 Å². The minimum absolute atomic E-state index is 0.0983. The van der Waals surface area contributed by atoms with E-state index in [1.54, 1.807) is 36.4 Å². The number of rotatable bonds is 7. The molecule has 0 bridgehead atoms. The second kappa shape index (κ2) is 10.0. The number of nitrogens with one attached hydrogen (secondary N) is 2. The van der Waals surface area contributed by atoms with Crippen LogP contribution < -0.4 is 20.1 Å². The molecule has 0 aromatic heterocycles. The molecule has 2 amide bonds. The molecule has 0 heterocycles. The molecule has 2 N–H and O–H groups in total. The fourth-order valence-corrected chi connectivity index (χ4v) is 2.50. The Balaban J connectivity index is 2.18. The van der Waals surface area contributed by atoms with E-state index in [1.807, 2.05) is 0 Å². The molecule has 0 aliphatic heterocycles. The van der Waals surface area contributed by atoms with Crippen molar-refractivity contribution in [3.05, 3.63) is 58.6 Å². The second-order valence-electron chi connectivity index (χ2n) is 5.49. The lowest BCUT2D eigenvalue weighted by atomic mass is 10.1. The minimum atomic E-state index is -0.422. The fourth-order valence-electron chi connectivity index (χ4n) is 2.33. The van der Waals surface area contributed by atoms with E-state index >= 15 is 0 Å². The van der Waals surface area contributed by atoms with Crippen LogP contribution in [0.5, 0.6) is 11.5 Å². The van der Waals surface area contributed by atoms with Crippen LogP contribution in [0.3, 0.4) is 0 Å². The first-order chi connectivity index (χ1) is 13.5. The van der Waals surface area contributed by atoms with Crippen molar-refractivity contribution in [3.8, 4) is 23.8 Å². The number of carbonyl (C=O) groups excluding carboxylic acids is 2. The maximum Gasteiger partial charge on any atom is 0.253 e. The van der Waals surface area contributed by atoms with Crippen LogP contribution >= 0.6 is 11.6 Å². The first-order valence-corrected chi connectivity index (χ1v) is 8.61. The van der Waals surface area contributed by atoms with Crippen molar-refractivity contribution >= 4 is 35.2 Å². The number of terminal acetylenes is 1. The molecule has 6 nitrogen and oxygen atoms in total. The molecular weight excluding hydrogens is 380 g/mol. The Morgan fingerprint density at radius 3 is 2.68 bits per heavy atom. The molecule has 0 saturated carbocycles. The Hall–Kier alpha value is -3.43. The van der Waals surface area contributed by atoms with Crippen LogP contribution in [-0.4, -0.2) is 32.6 Å². The molecule has 0 atom stereocenters. The first kappa shape index (κ1) is 20.9. The van der Waals surface area contributed by atoms with Gasteiger partial charge in [-0.3, -0.25) is 9.59 Å². The number of hydrogen-bond donors (Lipinski definition) is 2. The summed E-state index contributed by atoms with van der Waals surface area (Å²) < 4.78 is 10.6. The van der Waals surface area contributed by atoms with Crippen molar-refractivity contribution in [2.75, 3.05) is 26.1 Å². The number of halogens is 1. The summed E-state index contributed by atoms with van der Waals surface area (Å²) in [5.74, 6) is 2.64. The van der Waals surface area contributed by atoms with Crippen LogP contribution in [0.2, 0.25) is 5.02 Å². The zero-order valence-corrected chi connectivity index (χ0v) is 16.2. The molecule has 2 aromatic carbocycles. The first-order valence-electron chi connectivity index (χ1n) is 8.23. The Labute approximate surface area is 168 Å². The summed E-state index contributed by atoms with van der Waals surface area (Å²) in [5.41, 5.74) is 1.33. The summed E-state index contributed by atoms with van der Waals surface area (Å²) in [6, 6.07) is 9.81. The van der Waals surface area contributed by atoms with Gasteiger partial charge in [0.05, 0.1) is 18.4 Å². The smallest absolute Gasteiger partial charge is 0.253 e. The van der Waals surface area contributed by atoms with Crippen molar-refractivity contribution in [3.63, 3.8) is 0 Å². The number of carbonyl (C=O) groups is 2. The normalized spacial score (nSPS) is 10.2. The number of amides is 2. The lowest BCUT2D eigenvalue weighted by Crippen LogP contribution is -2.20.